The Labute approximate surface area is 236 Å². The molecule has 0 bridgehead atoms. The third-order valence-corrected chi connectivity index (χ3v) is 4.82. The number of thiazole rings is 1. The van der Waals surface area contributed by atoms with E-state index >= 15 is 0 Å². The van der Waals surface area contributed by atoms with E-state index in [0.29, 0.717) is 10.8 Å². The van der Waals surface area contributed by atoms with Gasteiger partial charge in [-0.1, -0.05) is 17.5 Å². The molecule has 168 valence electrons. The number of carbonyl (C=O) groups excluding carboxylic acids is 1. The smallest absolute Gasteiger partial charge is 0.601 e. The molecule has 2 N–H and O–H groups in total. The van der Waals surface area contributed by atoms with E-state index in [1.54, 1.807) is 20.0 Å². The van der Waals surface area contributed by atoms with Crippen LogP contribution in [-0.4, -0.2) is 27.1 Å². The second-order valence-corrected chi connectivity index (χ2v) is 7.06. The number of rotatable bonds is 6. The minimum absolute atomic E-state index is 0. The fourth-order valence-corrected chi connectivity index (χ4v) is 3.05. The Bertz CT molecular complexity index is 1040. The number of benzene rings is 1. The molecule has 12 heteroatoms. The summed E-state index contributed by atoms with van der Waals surface area (Å²) in [6.07, 6.45) is 4.65. The molecule has 7 nitrogen and oxygen atoms in total. The van der Waals surface area contributed by atoms with Crippen LogP contribution in [0.15, 0.2) is 54.0 Å². The molecule has 33 heavy (non-hydrogen) atoms. The van der Waals surface area contributed by atoms with Crippen molar-refractivity contribution in [1.29, 1.82) is 0 Å². The third-order valence-electron chi connectivity index (χ3n) is 3.73. The number of amides is 1. The molecular formula is C21H18F3KN6OS-2. The van der Waals surface area contributed by atoms with Gasteiger partial charge in [-0.2, -0.15) is 19.4 Å². The maximum atomic E-state index is 12.6. The van der Waals surface area contributed by atoms with Crippen molar-refractivity contribution in [2.24, 2.45) is 4.99 Å². The molecule has 1 unspecified atom stereocenters. The average Bonchev–Trinajstić information content (AvgIpc) is 3.24. The van der Waals surface area contributed by atoms with E-state index in [1.807, 2.05) is 0 Å². The summed E-state index contributed by atoms with van der Waals surface area (Å²) in [5.74, 6) is -0.369. The quantitative estimate of drug-likeness (QED) is 0.308. The minimum atomic E-state index is -4.37. The van der Waals surface area contributed by atoms with E-state index in [4.69, 9.17) is 6.58 Å². The summed E-state index contributed by atoms with van der Waals surface area (Å²) in [7, 11) is 0. The summed E-state index contributed by atoms with van der Waals surface area (Å²) in [5, 5.41) is 6.23. The number of aromatic nitrogens is 3. The molecule has 2 aromatic heterocycles. The Morgan fingerprint density at radius 2 is 2.00 bits per heavy atom. The number of nitrogens with one attached hydrogen (secondary N) is 2. The van der Waals surface area contributed by atoms with Crippen molar-refractivity contribution in [3.05, 3.63) is 78.0 Å². The fourth-order valence-electron chi connectivity index (χ4n) is 2.21. The number of hydrogen-bond donors (Lipinski definition) is 2. The monoisotopic (exact) mass is 498 g/mol. The van der Waals surface area contributed by atoms with Gasteiger partial charge in [0, 0.05) is 28.8 Å². The van der Waals surface area contributed by atoms with Crippen molar-refractivity contribution in [1.82, 2.24) is 20.3 Å². The molecule has 0 radical (unpaired) electrons. The van der Waals surface area contributed by atoms with Crippen molar-refractivity contribution < 1.29 is 69.4 Å². The van der Waals surface area contributed by atoms with Gasteiger partial charge >= 0.3 is 57.6 Å². The van der Waals surface area contributed by atoms with Gasteiger partial charge in [0.1, 0.15) is 0 Å². The van der Waals surface area contributed by atoms with Crippen LogP contribution in [0.2, 0.25) is 0 Å². The van der Waals surface area contributed by atoms with Gasteiger partial charge in [-0.3, -0.25) is 4.79 Å². The minimum Gasteiger partial charge on any atom is -0.601 e. The Morgan fingerprint density at radius 3 is 2.52 bits per heavy atom. The number of nitrogens with zero attached hydrogens (tertiary/aromatic N) is 4. The summed E-state index contributed by atoms with van der Waals surface area (Å²) >= 11 is 1.28. The van der Waals surface area contributed by atoms with Crippen molar-refractivity contribution in [2.75, 3.05) is 5.32 Å². The van der Waals surface area contributed by atoms with Gasteiger partial charge in [-0.05, 0) is 31.2 Å². The van der Waals surface area contributed by atoms with Crippen LogP contribution < -0.4 is 62.0 Å². The molecule has 1 aromatic carbocycles. The summed E-state index contributed by atoms with van der Waals surface area (Å²) in [4.78, 5) is 27.9. The first-order valence-corrected chi connectivity index (χ1v) is 9.85. The Hall–Kier alpha value is -1.96. The Balaban J connectivity index is 0.000000821. The van der Waals surface area contributed by atoms with Crippen LogP contribution in [0.3, 0.4) is 0 Å². The number of alkyl halides is 3. The van der Waals surface area contributed by atoms with Crippen LogP contribution in [0.1, 0.15) is 40.8 Å². The van der Waals surface area contributed by atoms with Crippen molar-refractivity contribution >= 4 is 34.3 Å². The first kappa shape index (κ1) is 29.1. The van der Waals surface area contributed by atoms with Gasteiger partial charge in [-0.25, -0.2) is 4.98 Å². The summed E-state index contributed by atoms with van der Waals surface area (Å²) < 4.78 is 37.8. The van der Waals surface area contributed by atoms with Crippen molar-refractivity contribution in [2.45, 2.75) is 26.1 Å². The molecule has 0 saturated carbocycles. The zero-order chi connectivity index (χ0) is 23.6. The molecule has 2 heterocycles. The molecule has 0 fully saturated rings. The summed E-state index contributed by atoms with van der Waals surface area (Å²) in [5.41, 5.74) is -0.0345. The maximum Gasteiger partial charge on any atom is 1.00 e. The van der Waals surface area contributed by atoms with Crippen LogP contribution in [0.25, 0.3) is 0 Å². The van der Waals surface area contributed by atoms with E-state index in [-0.39, 0.29) is 69.0 Å². The predicted octanol–water partition coefficient (Wildman–Crippen LogP) is 1.89. The Kier molecular flexibility index (Phi) is 12.6. The standard InChI is InChI=1S/C17H13F3N5OS.C4H5N.K/c1-10(24-15(26)13-6-7-21-9-23-13)14-8-22-16(27-14)25-12-4-2-11(3-5-12)17(18,19)20;1-3-5-4-2;/h2-6,8-10H,1H3,(H,22,25)(H,24,26);1,3H,2H3;/q-1;-2;+1. The van der Waals surface area contributed by atoms with Gasteiger partial charge in [0.25, 0.3) is 0 Å². The van der Waals surface area contributed by atoms with Crippen LogP contribution in [0.5, 0.6) is 0 Å². The third kappa shape index (κ3) is 9.82. The molecule has 1 amide bonds. The molecule has 0 aliphatic carbocycles. The number of aliphatic imine (C=N–C) groups is 1. The van der Waals surface area contributed by atoms with E-state index in [0.717, 1.165) is 17.0 Å². The van der Waals surface area contributed by atoms with Crippen molar-refractivity contribution in [3.8, 4) is 0 Å². The first-order chi connectivity index (χ1) is 15.2. The van der Waals surface area contributed by atoms with Crippen LogP contribution in [-0.2, 0) is 6.18 Å². The largest absolute Gasteiger partial charge is 1.00 e. The topological polar surface area (TPSA) is 92.2 Å². The van der Waals surface area contributed by atoms with E-state index in [2.05, 4.69) is 43.0 Å². The SMILES string of the molecule is CC(NC(=O)c1c[c-]ncn1)c1cnc(Nc2ccc(C(F)(F)F)cc2)s1.[CH-]=CN=[C-]C.[K+]. The van der Waals surface area contributed by atoms with Gasteiger partial charge in [0.05, 0.1) is 11.6 Å². The summed E-state index contributed by atoms with van der Waals surface area (Å²) in [6.45, 7) is 8.26. The summed E-state index contributed by atoms with van der Waals surface area (Å²) in [6, 6.07) is 5.72. The molecule has 0 saturated heterocycles. The normalized spacial score (nSPS) is 11.5. The molecule has 1 atom stereocenters. The number of anilines is 2. The predicted molar refractivity (Wildman–Crippen MR) is 116 cm³/mol. The van der Waals surface area contributed by atoms with Gasteiger partial charge < -0.3 is 38.4 Å². The van der Waals surface area contributed by atoms with Crippen LogP contribution in [0, 0.1) is 12.8 Å². The number of carbonyl (C=O) groups is 1. The molecule has 0 aliphatic rings. The van der Waals surface area contributed by atoms with Crippen LogP contribution >= 0.6 is 11.3 Å². The number of hydrogen-bond acceptors (Lipinski definition) is 7. The fraction of sp³-hybridized carbons (Fsp3) is 0.190. The zero-order valence-electron chi connectivity index (χ0n) is 18.0. The van der Waals surface area contributed by atoms with E-state index in [9.17, 15) is 18.0 Å². The molecule has 3 aromatic rings. The zero-order valence-corrected chi connectivity index (χ0v) is 22.0. The molecule has 0 aliphatic heterocycles. The van der Waals surface area contributed by atoms with Gasteiger partial charge in [0.15, 0.2) is 5.13 Å². The second-order valence-electron chi connectivity index (χ2n) is 6.00. The average molecular weight is 499 g/mol. The van der Waals surface area contributed by atoms with E-state index < -0.39 is 11.7 Å². The number of halogens is 3. The van der Waals surface area contributed by atoms with Gasteiger partial charge in [-0.15, -0.1) is 13.0 Å². The molecular weight excluding hydrogens is 480 g/mol. The van der Waals surface area contributed by atoms with E-state index in [1.165, 1.54) is 42.1 Å². The Morgan fingerprint density at radius 1 is 1.30 bits per heavy atom. The molecule has 3 rings (SSSR count). The van der Waals surface area contributed by atoms with Crippen molar-refractivity contribution in [3.63, 3.8) is 0 Å². The maximum absolute atomic E-state index is 12.6. The van der Waals surface area contributed by atoms with Gasteiger partial charge in [0.2, 0.25) is 5.91 Å². The van der Waals surface area contributed by atoms with Crippen LogP contribution in [0.4, 0.5) is 24.0 Å². The first-order valence-electron chi connectivity index (χ1n) is 9.03. The second kappa shape index (κ2) is 14.3. The molecule has 0 spiro atoms.